The molecule has 0 unspecified atom stereocenters. The number of carbonyl (C=O) groups excluding carboxylic acids is 1. The van der Waals surface area contributed by atoms with Crippen molar-refractivity contribution >= 4 is 33.3 Å². The largest absolute Gasteiger partial charge is 0.465 e. The quantitative estimate of drug-likeness (QED) is 0.626. The molecule has 2 aromatic heterocycles. The highest BCUT2D eigenvalue weighted by Crippen LogP contribution is 2.27. The molecule has 0 saturated heterocycles. The first-order valence-corrected chi connectivity index (χ1v) is 4.98. The number of thiazole rings is 1. The Morgan fingerprint density at radius 3 is 3.00 bits per heavy atom. The molecule has 0 aliphatic carbocycles. The van der Waals surface area contributed by atoms with Crippen molar-refractivity contribution in [2.24, 2.45) is 5.18 Å². The number of hydrogen-bond donors (Lipinski definition) is 1. The zero-order chi connectivity index (χ0) is 11.7. The third-order valence-corrected chi connectivity index (χ3v) is 2.71. The molecular weight excluding hydrogens is 234 g/mol. The van der Waals surface area contributed by atoms with Gasteiger partial charge in [0, 0.05) is 0 Å². The third-order valence-electron chi connectivity index (χ3n) is 1.96. The van der Waals surface area contributed by atoms with Crippen LogP contribution in [0.5, 0.6) is 0 Å². The molecule has 0 aliphatic heterocycles. The number of H-pyrrole nitrogens is 1. The maximum Gasteiger partial charge on any atom is 0.345 e. The van der Waals surface area contributed by atoms with Crippen LogP contribution in [-0.2, 0) is 4.74 Å². The average molecular weight is 239 g/mol. The molecule has 82 valence electrons. The minimum atomic E-state index is -0.911. The van der Waals surface area contributed by atoms with Crippen LogP contribution in [0.4, 0.5) is 5.69 Å². The van der Waals surface area contributed by atoms with E-state index in [1.807, 2.05) is 0 Å². The van der Waals surface area contributed by atoms with Crippen LogP contribution in [0.1, 0.15) is 10.4 Å². The molecule has 0 aromatic carbocycles. The highest BCUT2D eigenvalue weighted by Gasteiger charge is 2.22. The van der Waals surface area contributed by atoms with Crippen LogP contribution >= 0.6 is 11.3 Å². The first kappa shape index (κ1) is 10.4. The van der Waals surface area contributed by atoms with Gasteiger partial charge in [0.25, 0.3) is 5.56 Å². The predicted octanol–water partition coefficient (Wildman–Crippen LogP) is 1.17. The van der Waals surface area contributed by atoms with Gasteiger partial charge in [-0.25, -0.2) is 9.78 Å². The number of carbonyl (C=O) groups is 1. The van der Waals surface area contributed by atoms with Crippen LogP contribution in [0, 0.1) is 4.91 Å². The van der Waals surface area contributed by atoms with Gasteiger partial charge in [-0.1, -0.05) is 0 Å². The van der Waals surface area contributed by atoms with E-state index in [-0.39, 0.29) is 11.2 Å². The van der Waals surface area contributed by atoms with E-state index in [2.05, 4.69) is 19.9 Å². The second kappa shape index (κ2) is 3.81. The van der Waals surface area contributed by atoms with Crippen molar-refractivity contribution in [1.82, 2.24) is 9.97 Å². The lowest BCUT2D eigenvalue weighted by molar-refractivity contribution is 0.0600. The molecular formula is C8H5N3O4S. The summed E-state index contributed by atoms with van der Waals surface area (Å²) in [5.74, 6) is -0.911. The summed E-state index contributed by atoms with van der Waals surface area (Å²) in [4.78, 5) is 40.2. The van der Waals surface area contributed by atoms with E-state index in [1.165, 1.54) is 5.51 Å². The lowest BCUT2D eigenvalue weighted by Gasteiger charge is -2.00. The Bertz CT molecular complexity index is 630. The lowest BCUT2D eigenvalue weighted by Crippen LogP contribution is -2.18. The lowest BCUT2D eigenvalue weighted by atomic mass is 10.2. The molecule has 8 heteroatoms. The number of nitrogens with zero attached hydrogens (tertiary/aromatic N) is 2. The number of hydrogen-bond acceptors (Lipinski definition) is 7. The van der Waals surface area contributed by atoms with E-state index in [9.17, 15) is 14.5 Å². The Morgan fingerprint density at radius 1 is 1.62 bits per heavy atom. The van der Waals surface area contributed by atoms with E-state index in [1.54, 1.807) is 0 Å². The molecule has 0 radical (unpaired) electrons. The number of methoxy groups -OCH3 is 1. The zero-order valence-corrected chi connectivity index (χ0v) is 8.83. The van der Waals surface area contributed by atoms with Crippen molar-refractivity contribution in [3.8, 4) is 0 Å². The minimum absolute atomic E-state index is 0.194. The fraction of sp³-hybridized carbons (Fsp3) is 0.125. The molecule has 1 N–H and O–H groups in total. The van der Waals surface area contributed by atoms with Crippen LogP contribution in [0.2, 0.25) is 0 Å². The molecule has 0 bridgehead atoms. The van der Waals surface area contributed by atoms with E-state index in [4.69, 9.17) is 0 Å². The van der Waals surface area contributed by atoms with Gasteiger partial charge in [-0.3, -0.25) is 4.79 Å². The Kier molecular flexibility index (Phi) is 2.49. The predicted molar refractivity (Wildman–Crippen MR) is 57.0 cm³/mol. The van der Waals surface area contributed by atoms with Crippen molar-refractivity contribution in [3.63, 3.8) is 0 Å². The fourth-order valence-corrected chi connectivity index (χ4v) is 1.95. The van der Waals surface area contributed by atoms with E-state index in [0.29, 0.717) is 4.83 Å². The minimum Gasteiger partial charge on any atom is -0.465 e. The number of ether oxygens (including phenoxy) is 1. The van der Waals surface area contributed by atoms with Gasteiger partial charge < -0.3 is 9.72 Å². The highest BCUT2D eigenvalue weighted by atomic mass is 32.1. The average Bonchev–Trinajstić information content (AvgIpc) is 2.73. The molecule has 0 atom stereocenters. The summed E-state index contributed by atoms with van der Waals surface area (Å²) < 4.78 is 4.40. The van der Waals surface area contributed by atoms with E-state index in [0.717, 1.165) is 18.4 Å². The van der Waals surface area contributed by atoms with Gasteiger partial charge in [0.2, 0.25) is 0 Å². The van der Waals surface area contributed by atoms with Crippen LogP contribution in [-0.4, -0.2) is 23.0 Å². The van der Waals surface area contributed by atoms with Crippen LogP contribution in [0.25, 0.3) is 10.3 Å². The summed E-state index contributed by atoms with van der Waals surface area (Å²) in [7, 11) is 1.11. The van der Waals surface area contributed by atoms with Crippen molar-refractivity contribution in [1.29, 1.82) is 0 Å². The van der Waals surface area contributed by atoms with Gasteiger partial charge in [-0.15, -0.1) is 16.2 Å². The zero-order valence-electron chi connectivity index (χ0n) is 8.01. The Labute approximate surface area is 92.1 Å². The number of aromatic nitrogens is 2. The third kappa shape index (κ3) is 1.39. The van der Waals surface area contributed by atoms with Gasteiger partial charge in [-0.05, 0) is 5.18 Å². The number of nitrogens with one attached hydrogen (secondary N) is 1. The van der Waals surface area contributed by atoms with E-state index < -0.39 is 17.1 Å². The molecule has 2 aromatic rings. The topological polar surface area (TPSA) is 101 Å². The molecule has 2 heterocycles. The Morgan fingerprint density at radius 2 is 2.38 bits per heavy atom. The van der Waals surface area contributed by atoms with Gasteiger partial charge in [0.05, 0.1) is 12.6 Å². The molecule has 7 nitrogen and oxygen atoms in total. The fourth-order valence-electron chi connectivity index (χ4n) is 1.28. The van der Waals surface area contributed by atoms with Gasteiger partial charge in [-0.2, -0.15) is 0 Å². The molecule has 0 fully saturated rings. The first-order chi connectivity index (χ1) is 7.69. The number of fused-ring (bicyclic) bond motifs is 1. The highest BCUT2D eigenvalue weighted by molar-refractivity contribution is 7.16. The van der Waals surface area contributed by atoms with Gasteiger partial charge in [0.1, 0.15) is 10.3 Å². The monoisotopic (exact) mass is 239 g/mol. The number of pyridine rings is 1. The van der Waals surface area contributed by atoms with Crippen LogP contribution in [0.3, 0.4) is 0 Å². The molecule has 0 aliphatic rings. The van der Waals surface area contributed by atoms with Gasteiger partial charge in [0.15, 0.2) is 11.3 Å². The first-order valence-electron chi connectivity index (χ1n) is 4.10. The molecule has 0 saturated carbocycles. The smallest absolute Gasteiger partial charge is 0.345 e. The maximum absolute atomic E-state index is 11.5. The Balaban J connectivity index is 2.90. The summed E-state index contributed by atoms with van der Waals surface area (Å²) >= 11 is 1.14. The number of esters is 1. The standard InChI is InChI=1S/C8H5N3O4S/c1-15-8(13)3-4(11-14)5-7(10-6(3)12)16-2-9-5/h2H,1H3,(H,10,12). The maximum atomic E-state index is 11.5. The summed E-state index contributed by atoms with van der Waals surface area (Å²) in [6.07, 6.45) is 0. The van der Waals surface area contributed by atoms with Crippen molar-refractivity contribution in [2.75, 3.05) is 7.11 Å². The molecule has 16 heavy (non-hydrogen) atoms. The molecule has 0 spiro atoms. The number of nitroso groups, excluding NO2 is 1. The molecule has 0 amide bonds. The van der Waals surface area contributed by atoms with Crippen LogP contribution in [0.15, 0.2) is 15.5 Å². The Hall–Kier alpha value is -2.09. The number of rotatable bonds is 2. The summed E-state index contributed by atoms with van der Waals surface area (Å²) in [6.45, 7) is 0. The number of aromatic amines is 1. The second-order valence-corrected chi connectivity index (χ2v) is 3.65. The summed E-state index contributed by atoms with van der Waals surface area (Å²) in [5, 5.41) is 2.67. The summed E-state index contributed by atoms with van der Waals surface area (Å²) in [5.41, 5.74) is 0.219. The van der Waals surface area contributed by atoms with Gasteiger partial charge >= 0.3 is 5.97 Å². The van der Waals surface area contributed by atoms with Crippen molar-refractivity contribution in [3.05, 3.63) is 26.3 Å². The van der Waals surface area contributed by atoms with E-state index >= 15 is 0 Å². The summed E-state index contributed by atoms with van der Waals surface area (Å²) in [6, 6.07) is 0. The molecule has 2 rings (SSSR count). The normalized spacial score (nSPS) is 10.3. The van der Waals surface area contributed by atoms with Crippen molar-refractivity contribution in [2.45, 2.75) is 0 Å². The van der Waals surface area contributed by atoms with Crippen LogP contribution < -0.4 is 5.56 Å². The SMILES string of the molecule is COC(=O)c1c(N=O)c2ncsc2[nH]c1=O. The second-order valence-electron chi connectivity index (χ2n) is 2.79. The van der Waals surface area contributed by atoms with Crippen molar-refractivity contribution < 1.29 is 9.53 Å².